The Morgan fingerprint density at radius 1 is 1.26 bits per heavy atom. The number of nitrogens with one attached hydrogen (secondary N) is 1. The first kappa shape index (κ1) is 14.8. The van der Waals surface area contributed by atoms with Crippen molar-refractivity contribution < 1.29 is 13.7 Å². The van der Waals surface area contributed by atoms with Gasteiger partial charge in [-0.1, -0.05) is 6.42 Å². The Balaban J connectivity index is 1.78. The first-order valence-electron chi connectivity index (χ1n) is 7.21. The highest BCUT2D eigenvalue weighted by molar-refractivity contribution is 7.86. The van der Waals surface area contributed by atoms with Crippen LogP contribution >= 0.6 is 0 Å². The summed E-state index contributed by atoms with van der Waals surface area (Å²) in [6, 6.07) is 0. The average molecular weight is 287 g/mol. The van der Waals surface area contributed by atoms with Gasteiger partial charge in [0.1, 0.15) is 5.60 Å². The molecule has 0 aromatic carbocycles. The van der Waals surface area contributed by atoms with Gasteiger partial charge in [0.25, 0.3) is 0 Å². The van der Waals surface area contributed by atoms with Gasteiger partial charge in [-0.05, 0) is 52.4 Å². The Morgan fingerprint density at radius 2 is 1.84 bits per heavy atom. The van der Waals surface area contributed by atoms with Crippen LogP contribution in [0.1, 0.15) is 52.9 Å². The molecule has 0 aromatic rings. The molecule has 5 heteroatoms. The first-order valence-corrected chi connectivity index (χ1v) is 8.49. The molecule has 2 unspecified atom stereocenters. The predicted octanol–water partition coefficient (Wildman–Crippen LogP) is 2.59. The van der Waals surface area contributed by atoms with Crippen LogP contribution in [0.5, 0.6) is 0 Å². The molecule has 0 saturated carbocycles. The number of carbonyl (C=O) groups is 1. The average Bonchev–Trinajstić information content (AvgIpc) is 2.24. The maximum absolute atomic E-state index is 12.1. The van der Waals surface area contributed by atoms with Crippen molar-refractivity contribution in [2.75, 3.05) is 6.54 Å². The SMILES string of the molecule is CC(C)(C)OC(=O)NCC1CC2CCCC(C1)S2=O. The zero-order valence-electron chi connectivity index (χ0n) is 12.1. The molecule has 0 spiro atoms. The number of rotatable bonds is 2. The van der Waals surface area contributed by atoms with Crippen molar-refractivity contribution in [3.8, 4) is 0 Å². The van der Waals surface area contributed by atoms with Crippen molar-refractivity contribution >= 4 is 16.9 Å². The van der Waals surface area contributed by atoms with Crippen LogP contribution in [-0.2, 0) is 15.5 Å². The van der Waals surface area contributed by atoms with Crippen molar-refractivity contribution in [3.05, 3.63) is 0 Å². The minimum absolute atomic E-state index is 0.343. The summed E-state index contributed by atoms with van der Waals surface area (Å²) in [4.78, 5) is 11.6. The van der Waals surface area contributed by atoms with E-state index in [0.717, 1.165) is 25.7 Å². The second-order valence-electron chi connectivity index (χ2n) is 6.72. The van der Waals surface area contributed by atoms with Crippen LogP contribution in [0.25, 0.3) is 0 Å². The molecule has 2 aliphatic rings. The van der Waals surface area contributed by atoms with Gasteiger partial charge in [0.05, 0.1) is 0 Å². The fourth-order valence-electron chi connectivity index (χ4n) is 3.05. The third-order valence-corrected chi connectivity index (χ3v) is 6.01. The van der Waals surface area contributed by atoms with E-state index in [1.54, 1.807) is 0 Å². The van der Waals surface area contributed by atoms with E-state index in [1.807, 2.05) is 20.8 Å². The van der Waals surface area contributed by atoms with Gasteiger partial charge in [-0.25, -0.2) is 4.79 Å². The summed E-state index contributed by atoms with van der Waals surface area (Å²) in [5.41, 5.74) is -0.450. The number of hydrogen-bond acceptors (Lipinski definition) is 3. The van der Waals surface area contributed by atoms with E-state index in [9.17, 15) is 9.00 Å². The lowest BCUT2D eigenvalue weighted by atomic mass is 9.89. The topological polar surface area (TPSA) is 55.4 Å². The van der Waals surface area contributed by atoms with Crippen LogP contribution in [0, 0.1) is 5.92 Å². The highest BCUT2D eigenvalue weighted by Crippen LogP contribution is 2.36. The molecule has 4 nitrogen and oxygen atoms in total. The molecule has 2 atom stereocenters. The van der Waals surface area contributed by atoms with E-state index in [1.165, 1.54) is 6.42 Å². The third-order valence-electron chi connectivity index (χ3n) is 3.84. The van der Waals surface area contributed by atoms with Gasteiger partial charge in [-0.2, -0.15) is 0 Å². The van der Waals surface area contributed by atoms with Gasteiger partial charge in [-0.15, -0.1) is 0 Å². The molecule has 2 bridgehead atoms. The molecule has 2 fully saturated rings. The van der Waals surface area contributed by atoms with Crippen LogP contribution < -0.4 is 5.32 Å². The molecular weight excluding hydrogens is 262 g/mol. The van der Waals surface area contributed by atoms with E-state index < -0.39 is 16.4 Å². The lowest BCUT2D eigenvalue weighted by Crippen LogP contribution is -2.43. The smallest absolute Gasteiger partial charge is 0.407 e. The zero-order chi connectivity index (χ0) is 14.0. The maximum atomic E-state index is 12.1. The summed E-state index contributed by atoms with van der Waals surface area (Å²) in [6.07, 6.45) is 5.02. The summed E-state index contributed by atoms with van der Waals surface area (Å²) in [7, 11) is -0.631. The van der Waals surface area contributed by atoms with Crippen LogP contribution in [0.4, 0.5) is 4.79 Å². The molecular formula is C14H25NO3S. The Morgan fingerprint density at radius 3 is 2.37 bits per heavy atom. The largest absolute Gasteiger partial charge is 0.444 e. The normalized spacial score (nSPS) is 34.7. The minimum atomic E-state index is -0.631. The lowest BCUT2D eigenvalue weighted by Gasteiger charge is -2.38. The summed E-state index contributed by atoms with van der Waals surface area (Å²) in [5, 5.41) is 3.57. The van der Waals surface area contributed by atoms with Crippen molar-refractivity contribution in [1.82, 2.24) is 5.32 Å². The monoisotopic (exact) mass is 287 g/mol. The summed E-state index contributed by atoms with van der Waals surface area (Å²) in [6.45, 7) is 6.24. The van der Waals surface area contributed by atoms with Gasteiger partial charge in [0.2, 0.25) is 0 Å². The van der Waals surface area contributed by atoms with E-state index in [-0.39, 0.29) is 6.09 Å². The molecule has 2 heterocycles. The van der Waals surface area contributed by atoms with Crippen LogP contribution in [0.3, 0.4) is 0 Å². The van der Waals surface area contributed by atoms with E-state index >= 15 is 0 Å². The number of alkyl carbamates (subject to hydrolysis) is 1. The fraction of sp³-hybridized carbons (Fsp3) is 0.929. The zero-order valence-corrected chi connectivity index (χ0v) is 12.9. The van der Waals surface area contributed by atoms with E-state index in [2.05, 4.69) is 5.32 Å². The number of ether oxygens (including phenoxy) is 1. The molecule has 19 heavy (non-hydrogen) atoms. The number of fused-ring (bicyclic) bond motifs is 2. The quantitative estimate of drug-likeness (QED) is 0.849. The lowest BCUT2D eigenvalue weighted by molar-refractivity contribution is 0.0516. The van der Waals surface area contributed by atoms with Crippen molar-refractivity contribution in [1.29, 1.82) is 0 Å². The molecule has 1 N–H and O–H groups in total. The molecule has 0 radical (unpaired) electrons. The third kappa shape index (κ3) is 4.20. The number of amides is 1. The Labute approximate surface area is 118 Å². The Bertz CT molecular complexity index is 348. The molecule has 0 aromatic heterocycles. The highest BCUT2D eigenvalue weighted by Gasteiger charge is 2.37. The van der Waals surface area contributed by atoms with Crippen molar-refractivity contribution in [2.24, 2.45) is 5.92 Å². The molecule has 2 aliphatic heterocycles. The van der Waals surface area contributed by atoms with E-state index in [0.29, 0.717) is 23.0 Å². The molecule has 110 valence electrons. The van der Waals surface area contributed by atoms with Gasteiger partial charge in [-0.3, -0.25) is 4.21 Å². The van der Waals surface area contributed by atoms with Crippen LogP contribution in [0.15, 0.2) is 0 Å². The Kier molecular flexibility index (Phi) is 4.54. The highest BCUT2D eigenvalue weighted by atomic mass is 32.2. The van der Waals surface area contributed by atoms with Crippen LogP contribution in [-0.4, -0.2) is 32.9 Å². The van der Waals surface area contributed by atoms with E-state index in [4.69, 9.17) is 4.74 Å². The second kappa shape index (κ2) is 5.81. The summed E-state index contributed by atoms with van der Waals surface area (Å²) in [5.74, 6) is 0.459. The number of carbonyl (C=O) groups excluding carboxylic acids is 1. The fourth-order valence-corrected chi connectivity index (χ4v) is 5.32. The van der Waals surface area contributed by atoms with Crippen LogP contribution in [0.2, 0.25) is 0 Å². The number of hydrogen-bond donors (Lipinski definition) is 1. The molecule has 0 aliphatic carbocycles. The standard InChI is InChI=1S/C14H25NO3S/c1-14(2,3)18-13(16)15-9-10-7-11-5-4-6-12(8-10)19(11)17/h10-12H,4-9H2,1-3H3,(H,15,16). The summed E-state index contributed by atoms with van der Waals surface area (Å²) >= 11 is 0. The first-order chi connectivity index (χ1) is 8.85. The molecule has 2 saturated heterocycles. The van der Waals surface area contributed by atoms with Gasteiger partial charge < -0.3 is 10.1 Å². The molecule has 2 rings (SSSR count). The van der Waals surface area contributed by atoms with Gasteiger partial charge in [0, 0.05) is 27.8 Å². The Hall–Kier alpha value is -0.580. The van der Waals surface area contributed by atoms with Crippen molar-refractivity contribution in [3.63, 3.8) is 0 Å². The maximum Gasteiger partial charge on any atom is 0.407 e. The molecule has 1 amide bonds. The summed E-state index contributed by atoms with van der Waals surface area (Å²) < 4.78 is 17.3. The predicted molar refractivity (Wildman–Crippen MR) is 76.5 cm³/mol. The minimum Gasteiger partial charge on any atom is -0.444 e. The van der Waals surface area contributed by atoms with Crippen molar-refractivity contribution in [2.45, 2.75) is 69.0 Å². The second-order valence-corrected chi connectivity index (χ2v) is 8.71. The van der Waals surface area contributed by atoms with Gasteiger partial charge >= 0.3 is 6.09 Å². The van der Waals surface area contributed by atoms with Gasteiger partial charge in [0.15, 0.2) is 0 Å².